The number of nitrogens with two attached hydrogens (primary N) is 1. The van der Waals surface area contributed by atoms with Crippen LogP contribution in [0.2, 0.25) is 0 Å². The summed E-state index contributed by atoms with van der Waals surface area (Å²) in [6.07, 6.45) is 3.70. The molecule has 0 bridgehead atoms. The number of anilines is 1. The quantitative estimate of drug-likeness (QED) is 0.743. The van der Waals surface area contributed by atoms with E-state index < -0.39 is 0 Å². The van der Waals surface area contributed by atoms with Gasteiger partial charge in [-0.3, -0.25) is 0 Å². The Morgan fingerprint density at radius 3 is 2.44 bits per heavy atom. The summed E-state index contributed by atoms with van der Waals surface area (Å²) in [5.41, 5.74) is 7.11. The Balaban J connectivity index is 2.34. The van der Waals surface area contributed by atoms with Crippen LogP contribution in [-0.2, 0) is 0 Å². The van der Waals surface area contributed by atoms with Crippen molar-refractivity contribution in [2.75, 3.05) is 11.9 Å². The molecular weight excluding hydrogens is 224 g/mol. The molecule has 0 heterocycles. The second-order valence-electron chi connectivity index (χ2n) is 4.97. The lowest BCUT2D eigenvalue weighted by Crippen LogP contribution is -2.28. The third-order valence-electron chi connectivity index (χ3n) is 2.72. The van der Waals surface area contributed by atoms with Crippen LogP contribution in [0.4, 0.5) is 5.69 Å². The highest BCUT2D eigenvalue weighted by molar-refractivity contribution is 5.46. The normalized spacial score (nSPS) is 12.5. The van der Waals surface area contributed by atoms with Crippen LogP contribution in [0.25, 0.3) is 0 Å². The fourth-order valence-electron chi connectivity index (χ4n) is 1.74. The van der Waals surface area contributed by atoms with Gasteiger partial charge in [-0.2, -0.15) is 0 Å². The van der Waals surface area contributed by atoms with E-state index in [-0.39, 0.29) is 12.1 Å². The van der Waals surface area contributed by atoms with Crippen LogP contribution in [0.3, 0.4) is 0 Å². The molecular formula is C15H26N2O. The lowest BCUT2D eigenvalue weighted by atomic mass is 10.1. The van der Waals surface area contributed by atoms with E-state index in [1.807, 2.05) is 38.1 Å². The average molecular weight is 250 g/mol. The molecule has 3 heteroatoms. The molecule has 1 rings (SSSR count). The topological polar surface area (TPSA) is 47.3 Å². The molecule has 0 fully saturated rings. The third-order valence-corrected chi connectivity index (χ3v) is 2.72. The molecule has 1 aromatic carbocycles. The molecule has 1 atom stereocenters. The van der Waals surface area contributed by atoms with Gasteiger partial charge >= 0.3 is 0 Å². The molecule has 0 aliphatic rings. The number of hydrogen-bond acceptors (Lipinski definition) is 3. The van der Waals surface area contributed by atoms with Gasteiger partial charge in [-0.05, 0) is 44.5 Å². The Kier molecular flexibility index (Phi) is 6.58. The second-order valence-corrected chi connectivity index (χ2v) is 4.97. The average Bonchev–Trinajstić information content (AvgIpc) is 2.35. The van der Waals surface area contributed by atoms with Gasteiger partial charge in [0.1, 0.15) is 5.75 Å². The van der Waals surface area contributed by atoms with Gasteiger partial charge in [0.25, 0.3) is 0 Å². The van der Waals surface area contributed by atoms with Gasteiger partial charge in [0.2, 0.25) is 0 Å². The number of nitrogens with one attached hydrogen (secondary N) is 1. The van der Waals surface area contributed by atoms with E-state index in [2.05, 4.69) is 12.2 Å². The summed E-state index contributed by atoms with van der Waals surface area (Å²) in [7, 11) is 0. The minimum atomic E-state index is 0.214. The Bertz CT molecular complexity index is 322. The molecule has 0 aromatic heterocycles. The smallest absolute Gasteiger partial charge is 0.119 e. The second kappa shape index (κ2) is 7.98. The van der Waals surface area contributed by atoms with E-state index in [0.29, 0.717) is 0 Å². The highest BCUT2D eigenvalue weighted by atomic mass is 16.5. The van der Waals surface area contributed by atoms with Crippen molar-refractivity contribution >= 4 is 5.69 Å². The molecule has 1 unspecified atom stereocenters. The maximum absolute atomic E-state index is 6.02. The predicted octanol–water partition coefficient (Wildman–Crippen LogP) is 3.40. The monoisotopic (exact) mass is 250 g/mol. The Morgan fingerprint density at radius 2 is 1.89 bits per heavy atom. The molecule has 1 aromatic rings. The van der Waals surface area contributed by atoms with Crippen molar-refractivity contribution in [3.05, 3.63) is 24.3 Å². The SMILES string of the molecule is CCCCC(N)CNc1ccc(OC(C)C)cc1. The highest BCUT2D eigenvalue weighted by Gasteiger charge is 2.02. The summed E-state index contributed by atoms with van der Waals surface area (Å²) >= 11 is 0. The standard InChI is InChI=1S/C15H26N2O/c1-4-5-6-13(16)11-17-14-7-9-15(10-8-14)18-12(2)3/h7-10,12-13,17H,4-6,11,16H2,1-3H3. The number of unbranched alkanes of at least 4 members (excludes halogenated alkanes) is 1. The van der Waals surface area contributed by atoms with Crippen LogP contribution >= 0.6 is 0 Å². The van der Waals surface area contributed by atoms with Crippen LogP contribution < -0.4 is 15.8 Å². The minimum Gasteiger partial charge on any atom is -0.491 e. The van der Waals surface area contributed by atoms with Crippen molar-refractivity contribution in [2.24, 2.45) is 5.73 Å². The van der Waals surface area contributed by atoms with Crippen molar-refractivity contribution < 1.29 is 4.74 Å². The van der Waals surface area contributed by atoms with Gasteiger partial charge in [0.15, 0.2) is 0 Å². The van der Waals surface area contributed by atoms with Crippen molar-refractivity contribution in [3.8, 4) is 5.75 Å². The van der Waals surface area contributed by atoms with Gasteiger partial charge in [0, 0.05) is 18.3 Å². The van der Waals surface area contributed by atoms with E-state index in [9.17, 15) is 0 Å². The Labute approximate surface area is 111 Å². The zero-order valence-electron chi connectivity index (χ0n) is 11.8. The Hall–Kier alpha value is -1.22. The predicted molar refractivity (Wildman–Crippen MR) is 78.2 cm³/mol. The molecule has 0 spiro atoms. The van der Waals surface area contributed by atoms with E-state index >= 15 is 0 Å². The summed E-state index contributed by atoms with van der Waals surface area (Å²) < 4.78 is 5.60. The highest BCUT2D eigenvalue weighted by Crippen LogP contribution is 2.16. The molecule has 0 amide bonds. The van der Waals surface area contributed by atoms with Crippen molar-refractivity contribution in [1.82, 2.24) is 0 Å². The maximum atomic E-state index is 6.02. The minimum absolute atomic E-state index is 0.214. The van der Waals surface area contributed by atoms with Crippen molar-refractivity contribution in [2.45, 2.75) is 52.2 Å². The number of hydrogen-bond donors (Lipinski definition) is 2. The molecule has 102 valence electrons. The first-order valence-electron chi connectivity index (χ1n) is 6.88. The zero-order chi connectivity index (χ0) is 13.4. The van der Waals surface area contributed by atoms with Crippen molar-refractivity contribution in [3.63, 3.8) is 0 Å². The summed E-state index contributed by atoms with van der Waals surface area (Å²) in [4.78, 5) is 0. The molecule has 0 aliphatic carbocycles. The van der Waals surface area contributed by atoms with Crippen LogP contribution in [0.15, 0.2) is 24.3 Å². The van der Waals surface area contributed by atoms with Crippen LogP contribution in [-0.4, -0.2) is 18.7 Å². The molecule has 3 N–H and O–H groups in total. The van der Waals surface area contributed by atoms with Crippen LogP contribution in [0.5, 0.6) is 5.75 Å². The fraction of sp³-hybridized carbons (Fsp3) is 0.600. The summed E-state index contributed by atoms with van der Waals surface area (Å²) in [6.45, 7) is 7.07. The summed E-state index contributed by atoms with van der Waals surface area (Å²) in [6, 6.07) is 8.27. The van der Waals surface area contributed by atoms with E-state index in [4.69, 9.17) is 10.5 Å². The first-order valence-corrected chi connectivity index (χ1v) is 6.88. The lowest BCUT2D eigenvalue weighted by Gasteiger charge is -2.14. The van der Waals surface area contributed by atoms with Crippen LogP contribution in [0.1, 0.15) is 40.0 Å². The van der Waals surface area contributed by atoms with Crippen LogP contribution in [0, 0.1) is 0 Å². The summed E-state index contributed by atoms with van der Waals surface area (Å²) in [5.74, 6) is 0.908. The van der Waals surface area contributed by atoms with Gasteiger partial charge in [0.05, 0.1) is 6.10 Å². The first kappa shape index (κ1) is 14.8. The van der Waals surface area contributed by atoms with Gasteiger partial charge in [-0.15, -0.1) is 0 Å². The molecule has 0 saturated carbocycles. The summed E-state index contributed by atoms with van der Waals surface area (Å²) in [5, 5.41) is 3.35. The molecule has 0 aliphatic heterocycles. The largest absolute Gasteiger partial charge is 0.491 e. The van der Waals surface area contributed by atoms with Crippen molar-refractivity contribution in [1.29, 1.82) is 0 Å². The number of rotatable bonds is 8. The van der Waals surface area contributed by atoms with E-state index in [1.165, 1.54) is 12.8 Å². The third kappa shape index (κ3) is 5.92. The van der Waals surface area contributed by atoms with Gasteiger partial charge < -0.3 is 15.8 Å². The first-order chi connectivity index (χ1) is 8.61. The zero-order valence-corrected chi connectivity index (χ0v) is 11.8. The van der Waals surface area contributed by atoms with E-state index in [0.717, 1.165) is 24.4 Å². The van der Waals surface area contributed by atoms with E-state index in [1.54, 1.807) is 0 Å². The Morgan fingerprint density at radius 1 is 1.22 bits per heavy atom. The number of ether oxygens (including phenoxy) is 1. The van der Waals surface area contributed by atoms with Gasteiger partial charge in [-0.25, -0.2) is 0 Å². The number of benzene rings is 1. The molecule has 18 heavy (non-hydrogen) atoms. The fourth-order valence-corrected chi connectivity index (χ4v) is 1.74. The molecule has 0 radical (unpaired) electrons. The maximum Gasteiger partial charge on any atom is 0.119 e. The molecule has 0 saturated heterocycles. The van der Waals surface area contributed by atoms with Gasteiger partial charge in [-0.1, -0.05) is 19.8 Å². The molecule has 3 nitrogen and oxygen atoms in total. The lowest BCUT2D eigenvalue weighted by molar-refractivity contribution is 0.242.